The maximum atomic E-state index is 4.19. The molecule has 1 N–H and O–H groups in total. The summed E-state index contributed by atoms with van der Waals surface area (Å²) in [5.41, 5.74) is 0. The lowest BCUT2D eigenvalue weighted by Gasteiger charge is -2.03. The van der Waals surface area contributed by atoms with Crippen molar-refractivity contribution in [3.8, 4) is 0 Å². The van der Waals surface area contributed by atoms with E-state index < -0.39 is 0 Å². The summed E-state index contributed by atoms with van der Waals surface area (Å²) in [6.07, 6.45) is 7.00. The molecule has 0 aliphatic rings. The van der Waals surface area contributed by atoms with Gasteiger partial charge in [0.2, 0.25) is 0 Å². The standard InChI is InChI=1S/C11H18N2/c1-2-3-4-6-9-12-11-8-5-7-10-13-11/h5,7-8,10H,2-4,6,9H2,1H3,(H,12,13). The van der Waals surface area contributed by atoms with Crippen molar-refractivity contribution < 1.29 is 0 Å². The molecule has 0 aromatic carbocycles. The van der Waals surface area contributed by atoms with Crippen molar-refractivity contribution in [1.82, 2.24) is 4.98 Å². The Morgan fingerprint density at radius 2 is 2.15 bits per heavy atom. The molecule has 0 bridgehead atoms. The van der Waals surface area contributed by atoms with Gasteiger partial charge < -0.3 is 5.32 Å². The number of rotatable bonds is 6. The lowest BCUT2D eigenvalue weighted by atomic mass is 10.2. The molecule has 0 unspecified atom stereocenters. The number of nitrogens with one attached hydrogen (secondary N) is 1. The third-order valence-corrected chi connectivity index (χ3v) is 2.00. The summed E-state index contributed by atoms with van der Waals surface area (Å²) in [5, 5.41) is 3.29. The summed E-state index contributed by atoms with van der Waals surface area (Å²) in [7, 11) is 0. The van der Waals surface area contributed by atoms with Crippen LogP contribution < -0.4 is 5.32 Å². The van der Waals surface area contributed by atoms with Crippen molar-refractivity contribution in [3.05, 3.63) is 24.4 Å². The molecule has 1 aromatic rings. The Morgan fingerprint density at radius 3 is 2.85 bits per heavy atom. The quantitative estimate of drug-likeness (QED) is 0.677. The summed E-state index contributed by atoms with van der Waals surface area (Å²) >= 11 is 0. The molecular weight excluding hydrogens is 160 g/mol. The molecule has 13 heavy (non-hydrogen) atoms. The SMILES string of the molecule is CCCCCCNc1ccccn1. The maximum absolute atomic E-state index is 4.19. The highest BCUT2D eigenvalue weighted by atomic mass is 15.0. The Kier molecular flexibility index (Phi) is 4.99. The molecule has 0 radical (unpaired) electrons. The van der Waals surface area contributed by atoms with Crippen LogP contribution >= 0.6 is 0 Å². The Balaban J connectivity index is 2.07. The van der Waals surface area contributed by atoms with Gasteiger partial charge in [-0.15, -0.1) is 0 Å². The van der Waals surface area contributed by atoms with Gasteiger partial charge in [-0.3, -0.25) is 0 Å². The van der Waals surface area contributed by atoms with Crippen LogP contribution in [0, 0.1) is 0 Å². The van der Waals surface area contributed by atoms with E-state index in [9.17, 15) is 0 Å². The number of anilines is 1. The number of hydrogen-bond acceptors (Lipinski definition) is 2. The molecular formula is C11H18N2. The molecule has 0 saturated carbocycles. The molecule has 0 aliphatic heterocycles. The molecule has 0 fully saturated rings. The predicted octanol–water partition coefficient (Wildman–Crippen LogP) is 3.07. The first-order chi connectivity index (χ1) is 6.43. The second kappa shape index (κ2) is 6.46. The summed E-state index contributed by atoms with van der Waals surface area (Å²) in [5.74, 6) is 0.985. The Labute approximate surface area is 80.4 Å². The zero-order valence-electron chi connectivity index (χ0n) is 8.29. The highest BCUT2D eigenvalue weighted by Crippen LogP contribution is 2.02. The van der Waals surface area contributed by atoms with Crippen molar-refractivity contribution in [2.45, 2.75) is 32.6 Å². The van der Waals surface area contributed by atoms with E-state index in [1.54, 1.807) is 0 Å². The molecule has 0 saturated heterocycles. The molecule has 0 spiro atoms. The van der Waals surface area contributed by atoms with Crippen LogP contribution in [-0.4, -0.2) is 11.5 Å². The van der Waals surface area contributed by atoms with Gasteiger partial charge in [0.25, 0.3) is 0 Å². The van der Waals surface area contributed by atoms with Crippen molar-refractivity contribution in [2.24, 2.45) is 0 Å². The van der Waals surface area contributed by atoms with E-state index >= 15 is 0 Å². The zero-order valence-corrected chi connectivity index (χ0v) is 8.29. The average molecular weight is 178 g/mol. The number of pyridine rings is 1. The Hall–Kier alpha value is -1.05. The van der Waals surface area contributed by atoms with Crippen LogP contribution in [0.5, 0.6) is 0 Å². The van der Waals surface area contributed by atoms with E-state index in [2.05, 4.69) is 17.2 Å². The molecule has 1 heterocycles. The van der Waals surface area contributed by atoms with Crippen LogP contribution in [0.4, 0.5) is 5.82 Å². The fourth-order valence-electron chi connectivity index (χ4n) is 1.24. The third-order valence-electron chi connectivity index (χ3n) is 2.00. The Bertz CT molecular complexity index is 209. The van der Waals surface area contributed by atoms with Crippen molar-refractivity contribution >= 4 is 5.82 Å². The summed E-state index contributed by atoms with van der Waals surface area (Å²) in [6, 6.07) is 5.93. The first-order valence-corrected chi connectivity index (χ1v) is 5.08. The van der Waals surface area contributed by atoms with Gasteiger partial charge in [0.1, 0.15) is 5.82 Å². The molecule has 72 valence electrons. The topological polar surface area (TPSA) is 24.9 Å². The zero-order chi connectivity index (χ0) is 9.36. The number of nitrogens with zero attached hydrogens (tertiary/aromatic N) is 1. The fraction of sp³-hybridized carbons (Fsp3) is 0.545. The van der Waals surface area contributed by atoms with E-state index in [4.69, 9.17) is 0 Å². The van der Waals surface area contributed by atoms with Crippen LogP contribution in [-0.2, 0) is 0 Å². The fourth-order valence-corrected chi connectivity index (χ4v) is 1.24. The van der Waals surface area contributed by atoms with Gasteiger partial charge in [-0.25, -0.2) is 4.98 Å². The van der Waals surface area contributed by atoms with Crippen molar-refractivity contribution in [3.63, 3.8) is 0 Å². The van der Waals surface area contributed by atoms with E-state index in [1.165, 1.54) is 25.7 Å². The lowest BCUT2D eigenvalue weighted by Crippen LogP contribution is -2.02. The molecule has 2 heteroatoms. The highest BCUT2D eigenvalue weighted by molar-refractivity contribution is 5.32. The van der Waals surface area contributed by atoms with E-state index in [-0.39, 0.29) is 0 Å². The predicted molar refractivity (Wildman–Crippen MR) is 56.9 cm³/mol. The van der Waals surface area contributed by atoms with Gasteiger partial charge in [-0.1, -0.05) is 32.3 Å². The lowest BCUT2D eigenvalue weighted by molar-refractivity contribution is 0.684. The Morgan fingerprint density at radius 1 is 1.23 bits per heavy atom. The van der Waals surface area contributed by atoms with Gasteiger partial charge in [0, 0.05) is 12.7 Å². The first kappa shape index (κ1) is 10.0. The molecule has 2 nitrogen and oxygen atoms in total. The van der Waals surface area contributed by atoms with Gasteiger partial charge in [0.05, 0.1) is 0 Å². The smallest absolute Gasteiger partial charge is 0.125 e. The summed E-state index contributed by atoms with van der Waals surface area (Å²) in [4.78, 5) is 4.19. The van der Waals surface area contributed by atoms with Crippen LogP contribution in [0.15, 0.2) is 24.4 Å². The number of hydrogen-bond donors (Lipinski definition) is 1. The van der Waals surface area contributed by atoms with Gasteiger partial charge in [0.15, 0.2) is 0 Å². The van der Waals surface area contributed by atoms with Crippen molar-refractivity contribution in [1.29, 1.82) is 0 Å². The van der Waals surface area contributed by atoms with Crippen LogP contribution in [0.2, 0.25) is 0 Å². The minimum Gasteiger partial charge on any atom is -0.370 e. The third kappa shape index (κ3) is 4.51. The molecule has 0 aliphatic carbocycles. The highest BCUT2D eigenvalue weighted by Gasteiger charge is 1.90. The number of aromatic nitrogens is 1. The van der Waals surface area contributed by atoms with E-state index in [0.717, 1.165) is 12.4 Å². The molecule has 0 amide bonds. The molecule has 1 rings (SSSR count). The first-order valence-electron chi connectivity index (χ1n) is 5.08. The van der Waals surface area contributed by atoms with Gasteiger partial charge in [-0.05, 0) is 18.6 Å². The van der Waals surface area contributed by atoms with Crippen LogP contribution in [0.1, 0.15) is 32.6 Å². The van der Waals surface area contributed by atoms with E-state index in [1.807, 2.05) is 24.4 Å². The minimum atomic E-state index is 0.985. The van der Waals surface area contributed by atoms with E-state index in [0.29, 0.717) is 0 Å². The normalized spacial score (nSPS) is 9.92. The maximum Gasteiger partial charge on any atom is 0.125 e. The van der Waals surface area contributed by atoms with Crippen molar-refractivity contribution in [2.75, 3.05) is 11.9 Å². The van der Waals surface area contributed by atoms with Crippen LogP contribution in [0.25, 0.3) is 0 Å². The average Bonchev–Trinajstić information content (AvgIpc) is 2.19. The van der Waals surface area contributed by atoms with Crippen LogP contribution in [0.3, 0.4) is 0 Å². The monoisotopic (exact) mass is 178 g/mol. The van der Waals surface area contributed by atoms with Gasteiger partial charge >= 0.3 is 0 Å². The second-order valence-corrected chi connectivity index (χ2v) is 3.20. The molecule has 1 aromatic heterocycles. The van der Waals surface area contributed by atoms with Gasteiger partial charge in [-0.2, -0.15) is 0 Å². The summed E-state index contributed by atoms with van der Waals surface area (Å²) < 4.78 is 0. The number of unbranched alkanes of at least 4 members (excludes halogenated alkanes) is 3. The molecule has 0 atom stereocenters. The summed E-state index contributed by atoms with van der Waals surface area (Å²) in [6.45, 7) is 3.27. The minimum absolute atomic E-state index is 0.985. The largest absolute Gasteiger partial charge is 0.370 e. The second-order valence-electron chi connectivity index (χ2n) is 3.20.